The summed E-state index contributed by atoms with van der Waals surface area (Å²) >= 11 is 3.57. The minimum Gasteiger partial charge on any atom is -0.398 e. The molecule has 1 saturated carbocycles. The van der Waals surface area contributed by atoms with Crippen LogP contribution in [0.15, 0.2) is 16.6 Å². The third kappa shape index (κ3) is 2.46. The van der Waals surface area contributed by atoms with Gasteiger partial charge in [-0.2, -0.15) is 0 Å². The van der Waals surface area contributed by atoms with Gasteiger partial charge in [0.05, 0.1) is 5.69 Å². The molecule has 1 aromatic rings. The lowest BCUT2D eigenvalue weighted by atomic mass is 10.1. The van der Waals surface area contributed by atoms with Crippen LogP contribution in [0, 0.1) is 12.8 Å². The fraction of sp³-hybridized carbons (Fsp3) is 0.500. The van der Waals surface area contributed by atoms with Crippen molar-refractivity contribution >= 4 is 27.3 Å². The second-order valence-corrected chi connectivity index (χ2v) is 5.34. The summed E-state index contributed by atoms with van der Waals surface area (Å²) in [6.07, 6.45) is 2.77. The monoisotopic (exact) mass is 268 g/mol. The van der Waals surface area contributed by atoms with Crippen LogP contribution in [-0.2, 0) is 0 Å². The predicted molar refractivity (Wildman–Crippen MR) is 69.3 cm³/mol. The van der Waals surface area contributed by atoms with Crippen molar-refractivity contribution in [3.8, 4) is 0 Å². The third-order valence-corrected chi connectivity index (χ3v) is 3.61. The lowest BCUT2D eigenvalue weighted by molar-refractivity contribution is 0.786. The Kier molecular flexibility index (Phi) is 2.91. The molecule has 15 heavy (non-hydrogen) atoms. The molecule has 2 rings (SSSR count). The minimum atomic E-state index is 0.852. The van der Waals surface area contributed by atoms with E-state index in [1.54, 1.807) is 0 Å². The molecule has 1 fully saturated rings. The lowest BCUT2D eigenvalue weighted by Gasteiger charge is -2.21. The summed E-state index contributed by atoms with van der Waals surface area (Å²) in [6.45, 7) is 3.21. The van der Waals surface area contributed by atoms with Gasteiger partial charge in [-0.05, 0) is 59.3 Å². The highest BCUT2D eigenvalue weighted by molar-refractivity contribution is 9.10. The maximum absolute atomic E-state index is 5.85. The number of halogens is 1. The zero-order chi connectivity index (χ0) is 11.0. The molecule has 0 spiro atoms. The number of anilines is 2. The van der Waals surface area contributed by atoms with E-state index in [4.69, 9.17) is 5.73 Å². The van der Waals surface area contributed by atoms with Crippen molar-refractivity contribution in [1.82, 2.24) is 0 Å². The van der Waals surface area contributed by atoms with Crippen LogP contribution >= 0.6 is 15.9 Å². The quantitative estimate of drug-likeness (QED) is 0.854. The van der Waals surface area contributed by atoms with Gasteiger partial charge in [0.15, 0.2) is 0 Å². The summed E-state index contributed by atoms with van der Waals surface area (Å²) in [6, 6.07) is 4.15. The largest absolute Gasteiger partial charge is 0.398 e. The first kappa shape index (κ1) is 10.8. The highest BCUT2D eigenvalue weighted by Gasteiger charge is 2.23. The van der Waals surface area contributed by atoms with Crippen LogP contribution in [0.5, 0.6) is 0 Å². The number of rotatable bonds is 3. The molecule has 0 radical (unpaired) electrons. The summed E-state index contributed by atoms with van der Waals surface area (Å²) in [7, 11) is 2.15. The van der Waals surface area contributed by atoms with Crippen molar-refractivity contribution in [2.75, 3.05) is 24.2 Å². The summed E-state index contributed by atoms with van der Waals surface area (Å²) in [4.78, 5) is 2.31. The smallest absolute Gasteiger partial charge is 0.0512 e. The maximum Gasteiger partial charge on any atom is 0.0512 e. The molecule has 3 heteroatoms. The topological polar surface area (TPSA) is 29.3 Å². The normalized spacial score (nSPS) is 15.4. The van der Waals surface area contributed by atoms with Crippen LogP contribution in [0.25, 0.3) is 0 Å². The maximum atomic E-state index is 5.85. The Hall–Kier alpha value is -0.700. The molecule has 2 N–H and O–H groups in total. The van der Waals surface area contributed by atoms with Crippen LogP contribution in [-0.4, -0.2) is 13.6 Å². The molecule has 0 atom stereocenters. The van der Waals surface area contributed by atoms with Gasteiger partial charge in [0.2, 0.25) is 0 Å². The van der Waals surface area contributed by atoms with E-state index in [2.05, 4.69) is 40.9 Å². The van der Waals surface area contributed by atoms with Gasteiger partial charge >= 0.3 is 0 Å². The van der Waals surface area contributed by atoms with Crippen molar-refractivity contribution in [3.63, 3.8) is 0 Å². The van der Waals surface area contributed by atoms with Crippen LogP contribution in [0.2, 0.25) is 0 Å². The van der Waals surface area contributed by atoms with Gasteiger partial charge in [0.25, 0.3) is 0 Å². The first-order chi connectivity index (χ1) is 7.08. The Morgan fingerprint density at radius 2 is 2.13 bits per heavy atom. The molecular weight excluding hydrogens is 252 g/mol. The second kappa shape index (κ2) is 4.05. The van der Waals surface area contributed by atoms with E-state index >= 15 is 0 Å². The molecule has 0 bridgehead atoms. The lowest BCUT2D eigenvalue weighted by Crippen LogP contribution is -2.20. The number of benzene rings is 1. The summed E-state index contributed by atoms with van der Waals surface area (Å²) in [5, 5.41) is 0. The fourth-order valence-electron chi connectivity index (χ4n) is 1.76. The SMILES string of the molecule is Cc1cc(N(C)CC2CC2)c(Br)cc1N. The van der Waals surface area contributed by atoms with E-state index in [-0.39, 0.29) is 0 Å². The summed E-state index contributed by atoms with van der Waals surface area (Å²) in [5.74, 6) is 0.903. The number of hydrogen-bond acceptors (Lipinski definition) is 2. The van der Waals surface area contributed by atoms with Crippen molar-refractivity contribution in [2.45, 2.75) is 19.8 Å². The molecular formula is C12H17BrN2. The Morgan fingerprint density at radius 3 is 2.73 bits per heavy atom. The zero-order valence-electron chi connectivity index (χ0n) is 9.26. The van der Waals surface area contributed by atoms with E-state index in [1.807, 2.05) is 6.07 Å². The summed E-state index contributed by atoms with van der Waals surface area (Å²) < 4.78 is 1.09. The molecule has 1 aliphatic rings. The Balaban J connectivity index is 2.21. The van der Waals surface area contributed by atoms with Crippen LogP contribution in [0.3, 0.4) is 0 Å². The molecule has 1 aromatic carbocycles. The van der Waals surface area contributed by atoms with Gasteiger partial charge in [-0.25, -0.2) is 0 Å². The van der Waals surface area contributed by atoms with Crippen LogP contribution in [0.4, 0.5) is 11.4 Å². The molecule has 82 valence electrons. The Bertz CT molecular complexity index is 372. The Morgan fingerprint density at radius 1 is 1.47 bits per heavy atom. The summed E-state index contributed by atoms with van der Waals surface area (Å²) in [5.41, 5.74) is 9.10. The molecule has 0 aliphatic heterocycles. The van der Waals surface area contributed by atoms with E-state index in [0.717, 1.165) is 28.2 Å². The highest BCUT2D eigenvalue weighted by atomic mass is 79.9. The standard InChI is InChI=1S/C12H17BrN2/c1-8-5-12(10(13)6-11(8)14)15(2)7-9-3-4-9/h5-6,9H,3-4,7,14H2,1-2H3. The van der Waals surface area contributed by atoms with Gasteiger partial charge in [-0.15, -0.1) is 0 Å². The molecule has 0 unspecified atom stereocenters. The molecule has 0 amide bonds. The number of nitrogen functional groups attached to an aromatic ring is 1. The van der Waals surface area contributed by atoms with Crippen molar-refractivity contribution in [2.24, 2.45) is 5.92 Å². The highest BCUT2D eigenvalue weighted by Crippen LogP contribution is 2.34. The molecule has 0 saturated heterocycles. The molecule has 1 aliphatic carbocycles. The minimum absolute atomic E-state index is 0.852. The second-order valence-electron chi connectivity index (χ2n) is 4.48. The predicted octanol–water partition coefficient (Wildman–Crippen LogP) is 3.19. The van der Waals surface area contributed by atoms with Crippen LogP contribution < -0.4 is 10.6 Å². The zero-order valence-corrected chi connectivity index (χ0v) is 10.8. The van der Waals surface area contributed by atoms with Crippen LogP contribution in [0.1, 0.15) is 18.4 Å². The van der Waals surface area contributed by atoms with Crippen molar-refractivity contribution in [3.05, 3.63) is 22.2 Å². The number of hydrogen-bond donors (Lipinski definition) is 1. The molecule has 2 nitrogen and oxygen atoms in total. The first-order valence-corrected chi connectivity index (χ1v) is 6.14. The number of nitrogens with two attached hydrogens (primary N) is 1. The average Bonchev–Trinajstić information content (AvgIpc) is 2.95. The van der Waals surface area contributed by atoms with E-state index < -0.39 is 0 Å². The van der Waals surface area contributed by atoms with Crippen molar-refractivity contribution < 1.29 is 0 Å². The molecule has 0 heterocycles. The fourth-order valence-corrected chi connectivity index (χ4v) is 2.42. The third-order valence-electron chi connectivity index (χ3n) is 2.98. The van der Waals surface area contributed by atoms with Gasteiger partial charge in [-0.1, -0.05) is 0 Å². The first-order valence-electron chi connectivity index (χ1n) is 5.34. The van der Waals surface area contributed by atoms with Gasteiger partial charge in [0, 0.05) is 23.8 Å². The average molecular weight is 269 g/mol. The van der Waals surface area contributed by atoms with Gasteiger partial charge in [0.1, 0.15) is 0 Å². The van der Waals surface area contributed by atoms with E-state index in [9.17, 15) is 0 Å². The number of aryl methyl sites for hydroxylation is 1. The Labute approximate surface area is 99.6 Å². The van der Waals surface area contributed by atoms with E-state index in [1.165, 1.54) is 18.5 Å². The van der Waals surface area contributed by atoms with E-state index in [0.29, 0.717) is 0 Å². The van der Waals surface area contributed by atoms with Crippen molar-refractivity contribution in [1.29, 1.82) is 0 Å². The van der Waals surface area contributed by atoms with Gasteiger partial charge < -0.3 is 10.6 Å². The molecule has 0 aromatic heterocycles. The number of nitrogens with zero attached hydrogens (tertiary/aromatic N) is 1. The van der Waals surface area contributed by atoms with Gasteiger partial charge in [-0.3, -0.25) is 0 Å².